The van der Waals surface area contributed by atoms with Crippen LogP contribution in [0.15, 0.2) is 0 Å². The average Bonchev–Trinajstić information content (AvgIpc) is 1.86. The van der Waals surface area contributed by atoms with Crippen LogP contribution in [0, 0.1) is 5.92 Å². The molecule has 0 bridgehead atoms. The Balaban J connectivity index is 2.18. The molecular formula is C4H9N2. The Labute approximate surface area is 37.9 Å². The van der Waals surface area contributed by atoms with E-state index in [4.69, 9.17) is 0 Å². The summed E-state index contributed by atoms with van der Waals surface area (Å²) in [7, 11) is 0. The Hall–Kier alpha value is -0.0800. The van der Waals surface area contributed by atoms with Crippen LogP contribution in [0.2, 0.25) is 0 Å². The van der Waals surface area contributed by atoms with E-state index in [0.29, 0.717) is 0 Å². The fraction of sp³-hybridized carbons (Fsp3) is 1.00. The van der Waals surface area contributed by atoms with Gasteiger partial charge in [0.2, 0.25) is 0 Å². The average molecular weight is 85.1 g/mol. The molecule has 1 rings (SSSR count). The summed E-state index contributed by atoms with van der Waals surface area (Å²) in [6.07, 6.45) is 0. The first kappa shape index (κ1) is 4.09. The summed E-state index contributed by atoms with van der Waals surface area (Å²) in [5.74, 6) is 0.769. The lowest BCUT2D eigenvalue weighted by atomic mass is 10.2. The van der Waals surface area contributed by atoms with Crippen molar-refractivity contribution >= 4 is 0 Å². The molecule has 0 spiro atoms. The van der Waals surface area contributed by atoms with Gasteiger partial charge in [-0.3, -0.25) is 0 Å². The summed E-state index contributed by atoms with van der Waals surface area (Å²) >= 11 is 0. The maximum absolute atomic E-state index is 3.91. The number of rotatable bonds is 0. The molecule has 1 heterocycles. The van der Waals surface area contributed by atoms with E-state index in [0.717, 1.165) is 19.0 Å². The van der Waals surface area contributed by atoms with E-state index in [2.05, 4.69) is 17.8 Å². The Bertz CT molecular complexity index is 38.8. The van der Waals surface area contributed by atoms with Crippen LogP contribution in [-0.2, 0) is 0 Å². The third kappa shape index (κ3) is 0.698. The zero-order chi connectivity index (χ0) is 4.41. The molecule has 1 fully saturated rings. The minimum Gasteiger partial charge on any atom is -0.240 e. The van der Waals surface area contributed by atoms with E-state index in [-0.39, 0.29) is 0 Å². The molecule has 1 radical (unpaired) electrons. The second kappa shape index (κ2) is 1.58. The van der Waals surface area contributed by atoms with Crippen molar-refractivity contribution in [3.8, 4) is 0 Å². The van der Waals surface area contributed by atoms with Gasteiger partial charge in [0.1, 0.15) is 0 Å². The first-order valence-corrected chi connectivity index (χ1v) is 2.29. The van der Waals surface area contributed by atoms with Crippen LogP contribution in [-0.4, -0.2) is 13.1 Å². The number of hydrogen-bond donors (Lipinski definition) is 1. The Morgan fingerprint density at radius 3 is 2.83 bits per heavy atom. The molecule has 1 aliphatic rings. The molecule has 0 aromatic rings. The van der Waals surface area contributed by atoms with Crippen molar-refractivity contribution in [1.82, 2.24) is 10.9 Å². The standard InChI is InChI=1S/C4H9N2/c1-4-2-5-6-3-4/h4-5H,2-3H2,1H3. The first-order chi connectivity index (χ1) is 2.89. The smallest absolute Gasteiger partial charge is 0.0342 e. The minimum absolute atomic E-state index is 0.769. The molecule has 1 atom stereocenters. The quantitative estimate of drug-likeness (QED) is 0.431. The third-order valence-corrected chi connectivity index (χ3v) is 0.955. The largest absolute Gasteiger partial charge is 0.240 e. The summed E-state index contributed by atoms with van der Waals surface area (Å²) in [4.78, 5) is 0. The van der Waals surface area contributed by atoms with Crippen LogP contribution in [0.25, 0.3) is 0 Å². The summed E-state index contributed by atoms with van der Waals surface area (Å²) in [5, 5.41) is 0. The van der Waals surface area contributed by atoms with Crippen LogP contribution >= 0.6 is 0 Å². The summed E-state index contributed by atoms with van der Waals surface area (Å²) in [6.45, 7) is 4.25. The van der Waals surface area contributed by atoms with Gasteiger partial charge in [-0.2, -0.15) is 5.43 Å². The minimum atomic E-state index is 0.769. The van der Waals surface area contributed by atoms with Crippen molar-refractivity contribution in [3.63, 3.8) is 0 Å². The molecule has 1 aliphatic heterocycles. The van der Waals surface area contributed by atoms with Crippen molar-refractivity contribution in [2.24, 2.45) is 5.92 Å². The molecular weight excluding hydrogens is 76.1 g/mol. The maximum Gasteiger partial charge on any atom is 0.0342 e. The lowest BCUT2D eigenvalue weighted by Crippen LogP contribution is -2.13. The summed E-state index contributed by atoms with van der Waals surface area (Å²) in [6, 6.07) is 0. The fourth-order valence-electron chi connectivity index (χ4n) is 0.505. The molecule has 1 N–H and O–H groups in total. The Kier molecular flexibility index (Phi) is 1.08. The van der Waals surface area contributed by atoms with Crippen LogP contribution < -0.4 is 10.9 Å². The molecule has 0 saturated carbocycles. The highest BCUT2D eigenvalue weighted by molar-refractivity contribution is 4.61. The van der Waals surface area contributed by atoms with Gasteiger partial charge in [-0.1, -0.05) is 6.92 Å². The van der Waals surface area contributed by atoms with Gasteiger partial charge in [0.25, 0.3) is 0 Å². The van der Waals surface area contributed by atoms with Crippen molar-refractivity contribution < 1.29 is 0 Å². The predicted octanol–water partition coefficient (Wildman–Crippen LogP) is -0.255. The molecule has 2 heteroatoms. The molecule has 0 aromatic heterocycles. The highest BCUT2D eigenvalue weighted by Crippen LogP contribution is 1.93. The first-order valence-electron chi connectivity index (χ1n) is 2.29. The molecule has 6 heavy (non-hydrogen) atoms. The molecule has 0 aromatic carbocycles. The molecule has 0 aliphatic carbocycles. The summed E-state index contributed by atoms with van der Waals surface area (Å²) in [5.41, 5.74) is 6.81. The van der Waals surface area contributed by atoms with Crippen molar-refractivity contribution in [1.29, 1.82) is 0 Å². The fourth-order valence-corrected chi connectivity index (χ4v) is 0.505. The van der Waals surface area contributed by atoms with Crippen LogP contribution in [0.3, 0.4) is 0 Å². The second-order valence-electron chi connectivity index (χ2n) is 1.81. The molecule has 0 amide bonds. The van der Waals surface area contributed by atoms with Crippen LogP contribution in [0.4, 0.5) is 0 Å². The van der Waals surface area contributed by atoms with Gasteiger partial charge in [-0.25, -0.2) is 5.43 Å². The monoisotopic (exact) mass is 85.1 g/mol. The van der Waals surface area contributed by atoms with Gasteiger partial charge >= 0.3 is 0 Å². The topological polar surface area (TPSA) is 26.1 Å². The zero-order valence-electron chi connectivity index (χ0n) is 3.94. The number of hydrogen-bond acceptors (Lipinski definition) is 1. The van der Waals surface area contributed by atoms with E-state index < -0.39 is 0 Å². The van der Waals surface area contributed by atoms with Gasteiger partial charge < -0.3 is 0 Å². The SMILES string of the molecule is CC1C[N]NC1. The highest BCUT2D eigenvalue weighted by atomic mass is 15.4. The van der Waals surface area contributed by atoms with E-state index in [9.17, 15) is 0 Å². The van der Waals surface area contributed by atoms with Crippen molar-refractivity contribution in [3.05, 3.63) is 0 Å². The molecule has 1 saturated heterocycles. The lowest BCUT2D eigenvalue weighted by Gasteiger charge is -1.88. The number of nitrogens with zero attached hydrogens (tertiary/aromatic N) is 1. The summed E-state index contributed by atoms with van der Waals surface area (Å²) < 4.78 is 0. The van der Waals surface area contributed by atoms with Gasteiger partial charge in [0, 0.05) is 13.1 Å². The number of nitrogens with one attached hydrogen (secondary N) is 1. The van der Waals surface area contributed by atoms with E-state index in [1.165, 1.54) is 0 Å². The second-order valence-corrected chi connectivity index (χ2v) is 1.81. The van der Waals surface area contributed by atoms with Crippen LogP contribution in [0.1, 0.15) is 6.92 Å². The van der Waals surface area contributed by atoms with Crippen molar-refractivity contribution in [2.75, 3.05) is 13.1 Å². The van der Waals surface area contributed by atoms with Gasteiger partial charge in [-0.15, -0.1) is 0 Å². The maximum atomic E-state index is 3.91. The lowest BCUT2D eigenvalue weighted by molar-refractivity contribution is 0.672. The normalized spacial score (nSPS) is 25.5. The molecule has 35 valence electrons. The van der Waals surface area contributed by atoms with E-state index in [1.807, 2.05) is 0 Å². The van der Waals surface area contributed by atoms with Gasteiger partial charge in [0.05, 0.1) is 0 Å². The third-order valence-electron chi connectivity index (χ3n) is 0.955. The van der Waals surface area contributed by atoms with Gasteiger partial charge in [-0.05, 0) is 5.92 Å². The van der Waals surface area contributed by atoms with Crippen LogP contribution in [0.5, 0.6) is 0 Å². The Morgan fingerprint density at radius 1 is 1.83 bits per heavy atom. The molecule has 1 unspecified atom stereocenters. The molecule has 2 nitrogen and oxygen atoms in total. The Morgan fingerprint density at radius 2 is 2.67 bits per heavy atom. The highest BCUT2D eigenvalue weighted by Gasteiger charge is 2.06. The van der Waals surface area contributed by atoms with E-state index in [1.54, 1.807) is 0 Å². The predicted molar refractivity (Wildman–Crippen MR) is 24.2 cm³/mol. The van der Waals surface area contributed by atoms with Gasteiger partial charge in [0.15, 0.2) is 0 Å². The zero-order valence-corrected chi connectivity index (χ0v) is 3.94. The van der Waals surface area contributed by atoms with E-state index >= 15 is 0 Å². The van der Waals surface area contributed by atoms with Crippen molar-refractivity contribution in [2.45, 2.75) is 6.92 Å².